The van der Waals surface area contributed by atoms with Gasteiger partial charge >= 0.3 is 0 Å². The second-order valence-corrected chi connectivity index (χ2v) is 4.34. The van der Waals surface area contributed by atoms with Crippen LogP contribution in [0.5, 0.6) is 0 Å². The fraction of sp³-hybridized carbons (Fsp3) is 0.818. The van der Waals surface area contributed by atoms with Crippen molar-refractivity contribution in [1.82, 2.24) is 0 Å². The largest absolute Gasteiger partial charge is 0.0854 e. The number of rotatable bonds is 4. The van der Waals surface area contributed by atoms with Crippen LogP contribution in [0.4, 0.5) is 0 Å². The summed E-state index contributed by atoms with van der Waals surface area (Å²) in [7, 11) is 0. The van der Waals surface area contributed by atoms with Crippen LogP contribution < -0.4 is 0 Å². The molecule has 0 amide bonds. The van der Waals surface area contributed by atoms with Crippen molar-refractivity contribution >= 4 is 0 Å². The van der Waals surface area contributed by atoms with Gasteiger partial charge in [-0.2, -0.15) is 0 Å². The van der Waals surface area contributed by atoms with Crippen molar-refractivity contribution in [2.45, 2.75) is 47.5 Å². The maximum Gasteiger partial charge on any atom is -0.0175 e. The highest BCUT2D eigenvalue weighted by molar-refractivity contribution is 4.95. The Kier molecular flexibility index (Phi) is 4.48. The first-order valence-electron chi connectivity index (χ1n) is 4.67. The Bertz CT molecular complexity index is 118. The maximum absolute atomic E-state index is 2.35. The molecule has 0 aliphatic carbocycles. The zero-order chi connectivity index (χ0) is 8.91. The first-order chi connectivity index (χ1) is 4.98. The Morgan fingerprint density at radius 1 is 1.27 bits per heavy atom. The Balaban J connectivity index is 3.89. The summed E-state index contributed by atoms with van der Waals surface area (Å²) < 4.78 is 0. The second-order valence-electron chi connectivity index (χ2n) is 4.34. The second kappa shape index (κ2) is 4.58. The Morgan fingerprint density at radius 3 is 2.18 bits per heavy atom. The van der Waals surface area contributed by atoms with E-state index in [0.29, 0.717) is 11.3 Å². The molecule has 0 unspecified atom stereocenters. The molecule has 0 heterocycles. The van der Waals surface area contributed by atoms with Gasteiger partial charge in [0.15, 0.2) is 0 Å². The van der Waals surface area contributed by atoms with Gasteiger partial charge in [0.2, 0.25) is 0 Å². The molecule has 0 nitrogen and oxygen atoms in total. The summed E-state index contributed by atoms with van der Waals surface area (Å²) in [6.07, 6.45) is 7.21. The van der Waals surface area contributed by atoms with Crippen LogP contribution in [0.1, 0.15) is 47.5 Å². The third-order valence-corrected chi connectivity index (χ3v) is 1.83. The van der Waals surface area contributed by atoms with Crippen molar-refractivity contribution in [2.24, 2.45) is 11.3 Å². The van der Waals surface area contributed by atoms with Crippen LogP contribution in [0.3, 0.4) is 0 Å². The van der Waals surface area contributed by atoms with Gasteiger partial charge in [-0.3, -0.25) is 0 Å². The molecule has 0 bridgehead atoms. The highest BCUT2D eigenvalue weighted by Gasteiger charge is 2.11. The number of hydrogen-bond acceptors (Lipinski definition) is 0. The van der Waals surface area contributed by atoms with Gasteiger partial charge in [0.05, 0.1) is 0 Å². The van der Waals surface area contributed by atoms with Crippen molar-refractivity contribution in [3.63, 3.8) is 0 Å². The van der Waals surface area contributed by atoms with E-state index in [-0.39, 0.29) is 0 Å². The average Bonchev–Trinajstić information content (AvgIpc) is 1.84. The van der Waals surface area contributed by atoms with Gasteiger partial charge in [-0.15, -0.1) is 0 Å². The molecule has 0 fully saturated rings. The molecule has 0 aromatic rings. The topological polar surface area (TPSA) is 0 Å². The summed E-state index contributed by atoms with van der Waals surface area (Å²) in [4.78, 5) is 0. The van der Waals surface area contributed by atoms with Crippen LogP contribution in [0.15, 0.2) is 12.2 Å². The molecule has 0 aliphatic heterocycles. The molecule has 11 heavy (non-hydrogen) atoms. The van der Waals surface area contributed by atoms with Crippen LogP contribution in [0.2, 0.25) is 0 Å². The van der Waals surface area contributed by atoms with E-state index in [1.165, 1.54) is 12.8 Å². The lowest BCUT2D eigenvalue weighted by molar-refractivity contribution is 0.429. The maximum atomic E-state index is 2.35. The zero-order valence-electron chi connectivity index (χ0n) is 8.65. The molecule has 0 aliphatic rings. The lowest BCUT2D eigenvalue weighted by atomic mass is 9.87. The van der Waals surface area contributed by atoms with Crippen molar-refractivity contribution < 1.29 is 0 Å². The SMILES string of the molecule is CCCC(C)(C)C=CC(C)C. The third-order valence-electron chi connectivity index (χ3n) is 1.83. The highest BCUT2D eigenvalue weighted by Crippen LogP contribution is 2.24. The summed E-state index contributed by atoms with van der Waals surface area (Å²) in [5.41, 5.74) is 0.402. The van der Waals surface area contributed by atoms with Crippen molar-refractivity contribution in [2.75, 3.05) is 0 Å². The van der Waals surface area contributed by atoms with E-state index in [4.69, 9.17) is 0 Å². The minimum atomic E-state index is 0.402. The molecule has 0 saturated heterocycles. The number of allylic oxidation sites excluding steroid dienone is 2. The molecular weight excluding hydrogens is 132 g/mol. The van der Waals surface area contributed by atoms with Crippen LogP contribution in [0, 0.1) is 11.3 Å². The van der Waals surface area contributed by atoms with Crippen LogP contribution >= 0.6 is 0 Å². The number of hydrogen-bond donors (Lipinski definition) is 0. The molecule has 0 radical (unpaired) electrons. The van der Waals surface area contributed by atoms with Gasteiger partial charge in [-0.1, -0.05) is 53.2 Å². The highest BCUT2D eigenvalue weighted by atomic mass is 14.2. The van der Waals surface area contributed by atoms with Crippen molar-refractivity contribution in [3.8, 4) is 0 Å². The van der Waals surface area contributed by atoms with Gasteiger partial charge in [-0.25, -0.2) is 0 Å². The Morgan fingerprint density at radius 2 is 1.82 bits per heavy atom. The average molecular weight is 154 g/mol. The summed E-state index contributed by atoms with van der Waals surface area (Å²) in [6.45, 7) is 11.3. The quantitative estimate of drug-likeness (QED) is 0.536. The normalized spacial score (nSPS) is 13.3. The summed E-state index contributed by atoms with van der Waals surface area (Å²) >= 11 is 0. The van der Waals surface area contributed by atoms with E-state index < -0.39 is 0 Å². The first kappa shape index (κ1) is 10.7. The molecule has 0 N–H and O–H groups in total. The van der Waals surface area contributed by atoms with Crippen molar-refractivity contribution in [1.29, 1.82) is 0 Å². The van der Waals surface area contributed by atoms with Crippen molar-refractivity contribution in [3.05, 3.63) is 12.2 Å². The Labute approximate surface area is 71.7 Å². The van der Waals surface area contributed by atoms with Crippen LogP contribution in [-0.2, 0) is 0 Å². The van der Waals surface area contributed by atoms with E-state index in [0.717, 1.165) is 0 Å². The van der Waals surface area contributed by atoms with E-state index >= 15 is 0 Å². The minimum Gasteiger partial charge on any atom is -0.0854 e. The standard InChI is InChI=1S/C11H22/c1-6-8-11(4,5)9-7-10(2)3/h7,9-10H,6,8H2,1-5H3. The van der Waals surface area contributed by atoms with Crippen LogP contribution in [-0.4, -0.2) is 0 Å². The predicted octanol–water partition coefficient (Wildman–Crippen LogP) is 4.02. The lowest BCUT2D eigenvalue weighted by Crippen LogP contribution is -2.06. The summed E-state index contributed by atoms with van der Waals surface area (Å²) in [6, 6.07) is 0. The zero-order valence-corrected chi connectivity index (χ0v) is 8.65. The van der Waals surface area contributed by atoms with Gasteiger partial charge in [0, 0.05) is 0 Å². The summed E-state index contributed by atoms with van der Waals surface area (Å²) in [5, 5.41) is 0. The molecule has 0 saturated carbocycles. The molecule has 0 aromatic carbocycles. The van der Waals surface area contributed by atoms with Gasteiger partial charge in [-0.05, 0) is 17.8 Å². The van der Waals surface area contributed by atoms with E-state index in [9.17, 15) is 0 Å². The smallest absolute Gasteiger partial charge is 0.0175 e. The molecule has 0 rings (SSSR count). The minimum absolute atomic E-state index is 0.402. The van der Waals surface area contributed by atoms with E-state index in [1.807, 2.05) is 0 Å². The molecular formula is C11H22. The van der Waals surface area contributed by atoms with Gasteiger partial charge in [0.25, 0.3) is 0 Å². The predicted molar refractivity (Wildman–Crippen MR) is 52.7 cm³/mol. The third kappa shape index (κ3) is 6.15. The van der Waals surface area contributed by atoms with Crippen LogP contribution in [0.25, 0.3) is 0 Å². The van der Waals surface area contributed by atoms with Gasteiger partial charge < -0.3 is 0 Å². The fourth-order valence-corrected chi connectivity index (χ4v) is 1.18. The first-order valence-corrected chi connectivity index (χ1v) is 4.67. The molecule has 66 valence electrons. The molecule has 0 atom stereocenters. The molecule has 0 aromatic heterocycles. The molecule has 0 spiro atoms. The monoisotopic (exact) mass is 154 g/mol. The fourth-order valence-electron chi connectivity index (χ4n) is 1.18. The summed E-state index contributed by atoms with van der Waals surface area (Å²) in [5.74, 6) is 0.686. The van der Waals surface area contributed by atoms with E-state index in [2.05, 4.69) is 46.8 Å². The molecule has 0 heteroatoms. The van der Waals surface area contributed by atoms with E-state index in [1.54, 1.807) is 0 Å². The Hall–Kier alpha value is -0.260. The lowest BCUT2D eigenvalue weighted by Gasteiger charge is -2.19. The van der Waals surface area contributed by atoms with Gasteiger partial charge in [0.1, 0.15) is 0 Å².